The zero-order valence-electron chi connectivity index (χ0n) is 7.91. The van der Waals surface area contributed by atoms with Crippen LogP contribution >= 0.6 is 11.3 Å². The number of thiazole rings is 1. The smallest absolute Gasteiger partial charge is 0.328 e. The van der Waals surface area contributed by atoms with Crippen molar-refractivity contribution in [2.45, 2.75) is 13.1 Å². The number of rotatable bonds is 3. The Balaban J connectivity index is 2.72. The van der Waals surface area contributed by atoms with Gasteiger partial charge < -0.3 is 4.90 Å². The first-order chi connectivity index (χ1) is 6.94. The van der Waals surface area contributed by atoms with Crippen LogP contribution in [0.2, 0.25) is 0 Å². The van der Waals surface area contributed by atoms with E-state index < -0.39 is 18.6 Å². The van der Waals surface area contributed by atoms with Crippen LogP contribution < -0.4 is 0 Å². The summed E-state index contributed by atoms with van der Waals surface area (Å²) in [5.74, 6) is -0.684. The van der Waals surface area contributed by atoms with Gasteiger partial charge in [-0.05, 0) is 6.92 Å². The minimum Gasteiger partial charge on any atom is -0.328 e. The molecule has 1 heterocycles. The molecule has 0 radical (unpaired) electrons. The predicted octanol–water partition coefficient (Wildman–Crippen LogP) is 2.17. The predicted molar refractivity (Wildman–Crippen MR) is 49.7 cm³/mol. The first-order valence-electron chi connectivity index (χ1n) is 4.18. The van der Waals surface area contributed by atoms with Gasteiger partial charge in [-0.3, -0.25) is 4.79 Å². The van der Waals surface area contributed by atoms with E-state index in [0.717, 1.165) is 4.90 Å². The van der Waals surface area contributed by atoms with E-state index in [2.05, 4.69) is 4.98 Å². The van der Waals surface area contributed by atoms with Gasteiger partial charge in [0, 0.05) is 11.9 Å². The topological polar surface area (TPSA) is 33.2 Å². The third-order valence-electron chi connectivity index (χ3n) is 1.69. The van der Waals surface area contributed by atoms with Crippen LogP contribution in [0.3, 0.4) is 0 Å². The molecule has 84 valence electrons. The van der Waals surface area contributed by atoms with Gasteiger partial charge in [0.05, 0.1) is 5.51 Å². The molecule has 0 saturated heterocycles. The molecule has 0 fully saturated rings. The number of amides is 1. The third kappa shape index (κ3) is 3.50. The molecule has 0 aromatic carbocycles. The van der Waals surface area contributed by atoms with Gasteiger partial charge in [0.1, 0.15) is 12.2 Å². The molecule has 0 saturated carbocycles. The van der Waals surface area contributed by atoms with Crippen molar-refractivity contribution in [3.8, 4) is 0 Å². The Labute approximate surface area is 88.5 Å². The second-order valence-corrected chi connectivity index (χ2v) is 3.53. The zero-order valence-corrected chi connectivity index (χ0v) is 8.73. The van der Waals surface area contributed by atoms with Crippen molar-refractivity contribution in [2.24, 2.45) is 0 Å². The number of alkyl halides is 3. The Morgan fingerprint density at radius 1 is 1.60 bits per heavy atom. The summed E-state index contributed by atoms with van der Waals surface area (Å²) in [7, 11) is 0. The van der Waals surface area contributed by atoms with Gasteiger partial charge in [0.15, 0.2) is 0 Å². The van der Waals surface area contributed by atoms with Crippen LogP contribution in [-0.2, 0) is 0 Å². The molecule has 0 aliphatic carbocycles. The zero-order chi connectivity index (χ0) is 11.5. The van der Waals surface area contributed by atoms with Gasteiger partial charge >= 0.3 is 6.18 Å². The van der Waals surface area contributed by atoms with Gasteiger partial charge in [0.25, 0.3) is 5.91 Å². The monoisotopic (exact) mass is 238 g/mol. The molecule has 0 N–H and O–H groups in total. The van der Waals surface area contributed by atoms with Gasteiger partial charge in [-0.15, -0.1) is 11.3 Å². The first kappa shape index (κ1) is 12.0. The minimum absolute atomic E-state index is 0.00979. The molecule has 0 atom stereocenters. The Morgan fingerprint density at radius 2 is 2.27 bits per heavy atom. The lowest BCUT2D eigenvalue weighted by Crippen LogP contribution is -2.38. The van der Waals surface area contributed by atoms with Crippen LogP contribution in [0.5, 0.6) is 0 Å². The fourth-order valence-electron chi connectivity index (χ4n) is 1.02. The summed E-state index contributed by atoms with van der Waals surface area (Å²) in [4.78, 5) is 15.9. The largest absolute Gasteiger partial charge is 0.406 e. The van der Waals surface area contributed by atoms with Gasteiger partial charge in [0.2, 0.25) is 0 Å². The summed E-state index contributed by atoms with van der Waals surface area (Å²) in [5, 5.41) is 1.43. The molecule has 7 heteroatoms. The number of carbonyl (C=O) groups excluding carboxylic acids is 1. The van der Waals surface area contributed by atoms with E-state index in [0.29, 0.717) is 0 Å². The fraction of sp³-hybridized carbons (Fsp3) is 0.500. The summed E-state index contributed by atoms with van der Waals surface area (Å²) < 4.78 is 36.2. The maximum Gasteiger partial charge on any atom is 0.406 e. The second kappa shape index (κ2) is 4.61. The molecule has 1 amide bonds. The van der Waals surface area contributed by atoms with Crippen LogP contribution in [0, 0.1) is 0 Å². The van der Waals surface area contributed by atoms with Crippen molar-refractivity contribution in [1.82, 2.24) is 9.88 Å². The first-order valence-corrected chi connectivity index (χ1v) is 5.12. The molecule has 0 bridgehead atoms. The van der Waals surface area contributed by atoms with E-state index in [1.165, 1.54) is 29.2 Å². The molecule has 1 aromatic rings. The lowest BCUT2D eigenvalue weighted by Gasteiger charge is -2.21. The Bertz CT molecular complexity index is 323. The van der Waals surface area contributed by atoms with Crippen molar-refractivity contribution >= 4 is 17.2 Å². The van der Waals surface area contributed by atoms with Crippen LogP contribution in [0.1, 0.15) is 17.4 Å². The Morgan fingerprint density at radius 3 is 2.67 bits per heavy atom. The summed E-state index contributed by atoms with van der Waals surface area (Å²) in [6.07, 6.45) is -4.37. The van der Waals surface area contributed by atoms with E-state index >= 15 is 0 Å². The highest BCUT2D eigenvalue weighted by molar-refractivity contribution is 7.07. The molecular weight excluding hydrogens is 229 g/mol. The molecule has 15 heavy (non-hydrogen) atoms. The summed E-state index contributed by atoms with van der Waals surface area (Å²) in [5.41, 5.74) is 1.47. The van der Waals surface area contributed by atoms with Crippen molar-refractivity contribution in [1.29, 1.82) is 0 Å². The molecule has 3 nitrogen and oxygen atoms in total. The maximum atomic E-state index is 12.1. The summed E-state index contributed by atoms with van der Waals surface area (Å²) >= 11 is 1.17. The highest BCUT2D eigenvalue weighted by atomic mass is 32.1. The number of nitrogens with zero attached hydrogens (tertiary/aromatic N) is 2. The lowest BCUT2D eigenvalue weighted by molar-refractivity contribution is -0.140. The number of aromatic nitrogens is 1. The van der Waals surface area contributed by atoms with Crippen LogP contribution in [0.4, 0.5) is 13.2 Å². The van der Waals surface area contributed by atoms with Crippen molar-refractivity contribution in [2.75, 3.05) is 13.1 Å². The highest BCUT2D eigenvalue weighted by Gasteiger charge is 2.32. The molecule has 0 unspecified atom stereocenters. The van der Waals surface area contributed by atoms with E-state index in [9.17, 15) is 18.0 Å². The van der Waals surface area contributed by atoms with E-state index in [1.807, 2.05) is 0 Å². The van der Waals surface area contributed by atoms with Crippen molar-refractivity contribution < 1.29 is 18.0 Å². The standard InChI is InChI=1S/C8H9F3N2OS/c1-2-13(4-8(9,10)11)7(14)6-3-15-5-12-6/h3,5H,2,4H2,1H3. The highest BCUT2D eigenvalue weighted by Crippen LogP contribution is 2.17. The van der Waals surface area contributed by atoms with Gasteiger partial charge in [-0.1, -0.05) is 0 Å². The summed E-state index contributed by atoms with van der Waals surface area (Å²) in [6, 6.07) is 0. The molecule has 0 aliphatic rings. The van der Waals surface area contributed by atoms with E-state index in [4.69, 9.17) is 0 Å². The molecular formula is C8H9F3N2OS. The number of halogens is 3. The second-order valence-electron chi connectivity index (χ2n) is 2.81. The molecule has 1 rings (SSSR count). The summed E-state index contributed by atoms with van der Waals surface area (Å²) in [6.45, 7) is 0.270. The Hall–Kier alpha value is -1.11. The number of carbonyl (C=O) groups is 1. The molecule has 0 aliphatic heterocycles. The Kier molecular flexibility index (Phi) is 3.67. The van der Waals surface area contributed by atoms with Gasteiger partial charge in [-0.25, -0.2) is 4.98 Å². The maximum absolute atomic E-state index is 12.1. The average molecular weight is 238 g/mol. The van der Waals surface area contributed by atoms with Crippen LogP contribution in [-0.4, -0.2) is 35.1 Å². The van der Waals surface area contributed by atoms with Crippen LogP contribution in [0.25, 0.3) is 0 Å². The SMILES string of the molecule is CCN(CC(F)(F)F)C(=O)c1cscn1. The third-order valence-corrected chi connectivity index (χ3v) is 2.28. The average Bonchev–Trinajstić information content (AvgIpc) is 2.64. The number of hydrogen-bond acceptors (Lipinski definition) is 3. The minimum atomic E-state index is -4.37. The lowest BCUT2D eigenvalue weighted by atomic mass is 10.4. The van der Waals surface area contributed by atoms with Crippen molar-refractivity contribution in [3.05, 3.63) is 16.6 Å². The quantitative estimate of drug-likeness (QED) is 0.808. The number of hydrogen-bond donors (Lipinski definition) is 0. The van der Waals surface area contributed by atoms with Crippen LogP contribution in [0.15, 0.2) is 10.9 Å². The normalized spacial score (nSPS) is 11.5. The van der Waals surface area contributed by atoms with E-state index in [-0.39, 0.29) is 12.2 Å². The van der Waals surface area contributed by atoms with Gasteiger partial charge in [-0.2, -0.15) is 13.2 Å². The van der Waals surface area contributed by atoms with E-state index in [1.54, 1.807) is 0 Å². The fourth-order valence-corrected chi connectivity index (χ4v) is 1.55. The molecule has 0 spiro atoms. The van der Waals surface area contributed by atoms with Crippen molar-refractivity contribution in [3.63, 3.8) is 0 Å². The molecule has 1 aromatic heterocycles.